The maximum atomic E-state index is 13.5. The Labute approximate surface area is 216 Å². The molecule has 1 heterocycles. The number of carbonyl (C=O) groups is 1. The van der Waals surface area contributed by atoms with Gasteiger partial charge in [-0.15, -0.1) is 0 Å². The van der Waals surface area contributed by atoms with Crippen molar-refractivity contribution in [1.82, 2.24) is 4.31 Å². The summed E-state index contributed by atoms with van der Waals surface area (Å²) in [5.74, 6) is -0.593. The topological polar surface area (TPSA) is 104 Å². The summed E-state index contributed by atoms with van der Waals surface area (Å²) in [7, 11) is -7.66. The summed E-state index contributed by atoms with van der Waals surface area (Å²) in [5, 5.41) is 2.99. The molecule has 0 spiro atoms. The van der Waals surface area contributed by atoms with E-state index in [0.717, 1.165) is 17.1 Å². The second kappa shape index (κ2) is 10.6. The van der Waals surface area contributed by atoms with Crippen molar-refractivity contribution in [3.05, 3.63) is 83.4 Å². The summed E-state index contributed by atoms with van der Waals surface area (Å²) >= 11 is 6.15. The minimum absolute atomic E-state index is 0.0358. The van der Waals surface area contributed by atoms with E-state index in [1.807, 2.05) is 0 Å². The second-order valence-electron chi connectivity index (χ2n) is 8.44. The van der Waals surface area contributed by atoms with Gasteiger partial charge in [-0.2, -0.15) is 4.31 Å². The van der Waals surface area contributed by atoms with Gasteiger partial charge in [0.25, 0.3) is 10.0 Å². The molecule has 1 amide bonds. The molecule has 3 aromatic rings. The van der Waals surface area contributed by atoms with Crippen molar-refractivity contribution in [2.75, 3.05) is 29.3 Å². The van der Waals surface area contributed by atoms with Crippen molar-refractivity contribution in [1.29, 1.82) is 0 Å². The molecule has 190 valence electrons. The Hall–Kier alpha value is -2.92. The molecule has 11 heteroatoms. The van der Waals surface area contributed by atoms with E-state index in [1.54, 1.807) is 37.3 Å². The highest BCUT2D eigenvalue weighted by atomic mass is 35.5. The lowest BCUT2D eigenvalue weighted by Crippen LogP contribution is -2.38. The van der Waals surface area contributed by atoms with Crippen LogP contribution < -0.4 is 9.62 Å². The predicted molar refractivity (Wildman–Crippen MR) is 140 cm³/mol. The molecule has 1 fully saturated rings. The highest BCUT2D eigenvalue weighted by Gasteiger charge is 2.29. The zero-order valence-corrected chi connectivity index (χ0v) is 22.0. The fourth-order valence-electron chi connectivity index (χ4n) is 3.99. The quantitative estimate of drug-likeness (QED) is 0.453. The first-order chi connectivity index (χ1) is 17.1. The van der Waals surface area contributed by atoms with Gasteiger partial charge in [0.05, 0.1) is 15.5 Å². The number of rotatable bonds is 8. The van der Waals surface area contributed by atoms with E-state index in [2.05, 4.69) is 5.32 Å². The molecule has 36 heavy (non-hydrogen) atoms. The van der Waals surface area contributed by atoms with Crippen molar-refractivity contribution in [2.24, 2.45) is 0 Å². The van der Waals surface area contributed by atoms with Gasteiger partial charge in [-0.3, -0.25) is 9.10 Å². The second-order valence-corrected chi connectivity index (χ2v) is 12.7. The van der Waals surface area contributed by atoms with E-state index in [4.69, 9.17) is 11.6 Å². The first kappa shape index (κ1) is 26.2. The lowest BCUT2D eigenvalue weighted by atomic mass is 10.2. The molecule has 1 aliphatic heterocycles. The van der Waals surface area contributed by atoms with Crippen molar-refractivity contribution < 1.29 is 21.6 Å². The van der Waals surface area contributed by atoms with E-state index in [1.165, 1.54) is 46.8 Å². The van der Waals surface area contributed by atoms with E-state index >= 15 is 0 Å². The minimum Gasteiger partial charge on any atom is -0.325 e. The molecule has 3 aromatic carbocycles. The Morgan fingerprint density at radius 3 is 2.19 bits per heavy atom. The number of amides is 1. The van der Waals surface area contributed by atoms with Crippen LogP contribution in [0.3, 0.4) is 0 Å². The van der Waals surface area contributed by atoms with Crippen LogP contribution in [-0.2, 0) is 24.8 Å². The Bertz CT molecular complexity index is 1460. The maximum absolute atomic E-state index is 13.5. The average Bonchev–Trinajstić information content (AvgIpc) is 3.41. The van der Waals surface area contributed by atoms with Crippen LogP contribution >= 0.6 is 11.6 Å². The number of nitrogens with one attached hydrogen (secondary N) is 1. The summed E-state index contributed by atoms with van der Waals surface area (Å²) < 4.78 is 54.9. The largest absolute Gasteiger partial charge is 0.325 e. The number of aryl methyl sites for hydroxylation is 1. The number of benzene rings is 3. The zero-order chi connectivity index (χ0) is 25.9. The van der Waals surface area contributed by atoms with Gasteiger partial charge in [-0.1, -0.05) is 35.9 Å². The first-order valence-electron chi connectivity index (χ1n) is 11.3. The Balaban J connectivity index is 1.58. The molecule has 0 atom stereocenters. The molecule has 0 saturated carbocycles. The minimum atomic E-state index is -4.09. The summed E-state index contributed by atoms with van der Waals surface area (Å²) in [6, 6.07) is 18.5. The molecule has 0 bridgehead atoms. The molecular weight excluding hydrogens is 522 g/mol. The maximum Gasteiger partial charge on any atom is 0.264 e. The van der Waals surface area contributed by atoms with Gasteiger partial charge in [0.2, 0.25) is 15.9 Å². The van der Waals surface area contributed by atoms with Crippen LogP contribution in [0.1, 0.15) is 18.4 Å². The number of hydrogen-bond acceptors (Lipinski definition) is 5. The van der Waals surface area contributed by atoms with Crippen LogP contribution in [0.25, 0.3) is 0 Å². The number of carbonyl (C=O) groups excluding carboxylic acids is 1. The van der Waals surface area contributed by atoms with Crippen LogP contribution in [0.4, 0.5) is 11.4 Å². The van der Waals surface area contributed by atoms with E-state index in [0.29, 0.717) is 29.4 Å². The van der Waals surface area contributed by atoms with Gasteiger partial charge in [0, 0.05) is 23.8 Å². The smallest absolute Gasteiger partial charge is 0.264 e. The molecule has 1 aliphatic rings. The van der Waals surface area contributed by atoms with Crippen LogP contribution in [0.5, 0.6) is 0 Å². The summed E-state index contributed by atoms with van der Waals surface area (Å²) in [6.07, 6.45) is 1.67. The molecule has 4 rings (SSSR count). The summed E-state index contributed by atoms with van der Waals surface area (Å²) in [6.45, 7) is 2.22. The molecule has 0 aliphatic carbocycles. The molecular formula is C25H26ClN3O5S2. The SMILES string of the molecule is Cc1ccc(Cl)cc1N(CC(=O)Nc1ccc(S(=O)(=O)N2CCCC2)cc1)S(=O)(=O)c1ccccc1. The van der Waals surface area contributed by atoms with Crippen LogP contribution in [-0.4, -0.2) is 46.7 Å². The van der Waals surface area contributed by atoms with Gasteiger partial charge >= 0.3 is 0 Å². The fraction of sp³-hybridized carbons (Fsp3) is 0.240. The number of nitrogens with zero attached hydrogens (tertiary/aromatic N) is 2. The van der Waals surface area contributed by atoms with Gasteiger partial charge in [0.15, 0.2) is 0 Å². The summed E-state index contributed by atoms with van der Waals surface area (Å²) in [5.41, 5.74) is 1.26. The third-order valence-electron chi connectivity index (χ3n) is 5.90. The lowest BCUT2D eigenvalue weighted by Gasteiger charge is -2.26. The molecule has 1 N–H and O–H groups in total. The van der Waals surface area contributed by atoms with Crippen molar-refractivity contribution in [2.45, 2.75) is 29.6 Å². The van der Waals surface area contributed by atoms with Crippen LogP contribution in [0.2, 0.25) is 5.02 Å². The molecule has 8 nitrogen and oxygen atoms in total. The Morgan fingerprint density at radius 2 is 1.56 bits per heavy atom. The van der Waals surface area contributed by atoms with Crippen molar-refractivity contribution in [3.63, 3.8) is 0 Å². The third kappa shape index (κ3) is 5.57. The predicted octanol–water partition coefficient (Wildman–Crippen LogP) is 4.27. The highest BCUT2D eigenvalue weighted by Crippen LogP contribution is 2.30. The van der Waals surface area contributed by atoms with Crippen LogP contribution in [0, 0.1) is 6.92 Å². The van der Waals surface area contributed by atoms with E-state index < -0.39 is 32.5 Å². The van der Waals surface area contributed by atoms with Gasteiger partial charge in [-0.05, 0) is 73.9 Å². The third-order valence-corrected chi connectivity index (χ3v) is 9.82. The fourth-order valence-corrected chi connectivity index (χ4v) is 7.17. The Morgan fingerprint density at radius 1 is 0.917 bits per heavy atom. The van der Waals surface area contributed by atoms with Gasteiger partial charge < -0.3 is 5.32 Å². The molecule has 1 saturated heterocycles. The number of sulfonamides is 2. The number of halogens is 1. The molecule has 0 radical (unpaired) electrons. The average molecular weight is 548 g/mol. The number of anilines is 2. The normalized spacial score (nSPS) is 14.5. The van der Waals surface area contributed by atoms with Gasteiger partial charge in [-0.25, -0.2) is 16.8 Å². The first-order valence-corrected chi connectivity index (χ1v) is 14.6. The van der Waals surface area contributed by atoms with E-state index in [9.17, 15) is 21.6 Å². The van der Waals surface area contributed by atoms with Gasteiger partial charge in [0.1, 0.15) is 6.54 Å². The monoisotopic (exact) mass is 547 g/mol. The highest BCUT2D eigenvalue weighted by molar-refractivity contribution is 7.92. The Kier molecular flexibility index (Phi) is 7.70. The van der Waals surface area contributed by atoms with Crippen LogP contribution in [0.15, 0.2) is 82.6 Å². The standard InChI is InChI=1S/C25H26ClN3O5S2/c1-19-9-10-20(26)17-24(19)29(36(33,34)22-7-3-2-4-8-22)18-25(30)27-21-11-13-23(14-12-21)35(31,32)28-15-5-6-16-28/h2-4,7-14,17H,5-6,15-16,18H2,1H3,(H,27,30). The van der Waals surface area contributed by atoms with E-state index in [-0.39, 0.29) is 15.5 Å². The molecule has 0 unspecified atom stereocenters. The zero-order valence-electron chi connectivity index (χ0n) is 19.6. The molecule has 0 aromatic heterocycles. The van der Waals surface area contributed by atoms with Crippen molar-refractivity contribution in [3.8, 4) is 0 Å². The lowest BCUT2D eigenvalue weighted by molar-refractivity contribution is -0.114. The van der Waals surface area contributed by atoms with Crippen molar-refractivity contribution >= 4 is 48.9 Å². The summed E-state index contributed by atoms with van der Waals surface area (Å²) in [4.78, 5) is 13.2. The number of hydrogen-bond donors (Lipinski definition) is 1.